The summed E-state index contributed by atoms with van der Waals surface area (Å²) < 4.78 is 9.82. The van der Waals surface area contributed by atoms with E-state index in [-0.39, 0.29) is 17.2 Å². The lowest BCUT2D eigenvalue weighted by Crippen LogP contribution is -2.12. The number of hydrogen-bond donors (Lipinski definition) is 0. The van der Waals surface area contributed by atoms with Gasteiger partial charge in [0, 0.05) is 65.9 Å². The summed E-state index contributed by atoms with van der Waals surface area (Å²) in [5.74, 6) is -0.749. The summed E-state index contributed by atoms with van der Waals surface area (Å²) >= 11 is 0. The number of carbonyl (C=O) groups is 1. The second-order valence-electron chi connectivity index (χ2n) is 4.53. The van der Waals surface area contributed by atoms with E-state index in [1.165, 1.54) is 6.21 Å². The Morgan fingerprint density at radius 3 is 2.85 bits per heavy atom. The quantitative estimate of drug-likeness (QED) is 0.594. The van der Waals surface area contributed by atoms with E-state index in [0.29, 0.717) is 11.1 Å². The lowest BCUT2D eigenvalue weighted by atomic mass is 10.1. The number of ether oxygens (including phenoxy) is 2. The Bertz CT molecular complexity index is 900. The lowest BCUT2D eigenvalue weighted by Gasteiger charge is -2.08. The molecule has 0 aliphatic carbocycles. The maximum absolute atomic E-state index is 11.7. The summed E-state index contributed by atoms with van der Waals surface area (Å²) in [6.45, 7) is 0.918. The fourth-order valence-corrected chi connectivity index (χ4v) is 1.67. The molecule has 0 saturated heterocycles. The van der Waals surface area contributed by atoms with Crippen molar-refractivity contribution in [3.05, 3.63) is 91.4 Å². The minimum atomic E-state index is -0.560. The highest BCUT2D eigenvalue weighted by Gasteiger charge is 2.14. The zero-order chi connectivity index (χ0) is 18.4. The van der Waals surface area contributed by atoms with Gasteiger partial charge in [-0.25, -0.2) is 5.32 Å². The second-order valence-corrected chi connectivity index (χ2v) is 4.53. The molecule has 1 amide bonds. The lowest BCUT2D eigenvalue weighted by molar-refractivity contribution is -0.116. The number of benzene rings is 2. The van der Waals surface area contributed by atoms with Crippen molar-refractivity contribution >= 4 is 17.8 Å². The van der Waals surface area contributed by atoms with Gasteiger partial charge in [-0.3, -0.25) is 14.9 Å². The third-order valence-corrected chi connectivity index (χ3v) is 2.74. The molecular formula is C20H5N2O4. The average Bonchev–Trinajstić information content (AvgIpc) is 2.66. The summed E-state index contributed by atoms with van der Waals surface area (Å²) in [5.41, 5.74) is 0.988. The zero-order valence-electron chi connectivity index (χ0n) is 13.0. The average molecular weight is 337 g/mol. The van der Waals surface area contributed by atoms with Crippen LogP contribution in [0.25, 0.3) is 0 Å². The monoisotopic (exact) mass is 337 g/mol. The fourth-order valence-electron chi connectivity index (χ4n) is 1.67. The standard InChI is InChI=1S/C20H5N2O4/c1-25-17-4-2-3-14(9-17)11-21-12-16(23)13-26-18-6-7-19-15(10-18)5-8-20(24)22-19/h11-13H,1H2/b16-12-,21-11?. The number of fused-ring (bicyclic) bond motifs is 1. The van der Waals surface area contributed by atoms with E-state index in [1.807, 2.05) is 0 Å². The van der Waals surface area contributed by atoms with Crippen molar-refractivity contribution in [2.45, 2.75) is 0 Å². The van der Waals surface area contributed by atoms with E-state index >= 15 is 0 Å². The fraction of sp³-hybridized carbons (Fsp3) is 0. The van der Waals surface area contributed by atoms with Crippen LogP contribution in [-0.4, -0.2) is 12.1 Å². The van der Waals surface area contributed by atoms with E-state index < -0.39 is 11.7 Å². The Hall–Kier alpha value is -3.54. The molecule has 3 rings (SSSR count). The maximum Gasteiger partial charge on any atom is 0.279 e. The molecule has 0 fully saturated rings. The number of aliphatic imine (C=N–C) groups is 1. The molecular weight excluding hydrogens is 332 g/mol. The maximum atomic E-state index is 11.7. The first-order valence-electron chi connectivity index (χ1n) is 6.92. The van der Waals surface area contributed by atoms with Gasteiger partial charge in [0.25, 0.3) is 5.91 Å². The van der Waals surface area contributed by atoms with Crippen molar-refractivity contribution in [2.24, 2.45) is 4.99 Å². The van der Waals surface area contributed by atoms with Crippen LogP contribution in [0.3, 0.4) is 0 Å². The first-order chi connectivity index (χ1) is 12.6. The predicted octanol–water partition coefficient (Wildman–Crippen LogP) is 1.68. The molecule has 0 atom stereocenters. The van der Waals surface area contributed by atoms with Gasteiger partial charge in [0.2, 0.25) is 12.4 Å². The molecule has 0 N–H and O–H groups in total. The molecule has 13 radical (unpaired) electrons. The normalized spacial score (nSPS) is 13.4. The molecule has 1 aliphatic heterocycles. The Balaban J connectivity index is 1.58. The minimum Gasteiger partial charge on any atom is -0.489 e. The number of carbonyl (C=O) groups excluding carboxylic acids is 1. The highest BCUT2D eigenvalue weighted by Crippen LogP contribution is 2.23. The third kappa shape index (κ3) is 4.51. The highest BCUT2D eigenvalue weighted by molar-refractivity contribution is 5.89. The van der Waals surface area contributed by atoms with Crippen molar-refractivity contribution in [2.75, 3.05) is 0 Å². The van der Waals surface area contributed by atoms with Crippen molar-refractivity contribution in [1.82, 2.24) is 5.32 Å². The van der Waals surface area contributed by atoms with Gasteiger partial charge in [-0.1, -0.05) is 0 Å². The molecule has 0 spiro atoms. The molecule has 2 aromatic carbocycles. The molecule has 1 aliphatic rings. The topological polar surface area (TPSA) is 81.9 Å². The summed E-state index contributed by atoms with van der Waals surface area (Å²) in [6.07, 6.45) is 7.20. The molecule has 1 heterocycles. The smallest absolute Gasteiger partial charge is 0.279 e. The van der Waals surface area contributed by atoms with Gasteiger partial charge >= 0.3 is 0 Å². The van der Waals surface area contributed by atoms with E-state index in [2.05, 4.69) is 72.0 Å². The molecule has 6 nitrogen and oxygen atoms in total. The molecule has 119 valence electrons. The van der Waals surface area contributed by atoms with Gasteiger partial charge in [0.1, 0.15) is 18.6 Å². The van der Waals surface area contributed by atoms with Crippen molar-refractivity contribution in [1.29, 1.82) is 0 Å². The van der Waals surface area contributed by atoms with Gasteiger partial charge < -0.3 is 9.47 Å². The predicted molar refractivity (Wildman–Crippen MR) is 84.4 cm³/mol. The van der Waals surface area contributed by atoms with Gasteiger partial charge in [0.05, 0.1) is 18.0 Å². The van der Waals surface area contributed by atoms with Crippen LogP contribution in [0.5, 0.6) is 11.5 Å². The van der Waals surface area contributed by atoms with E-state index in [0.717, 1.165) is 12.8 Å². The third-order valence-electron chi connectivity index (χ3n) is 2.74. The van der Waals surface area contributed by atoms with Crippen LogP contribution in [0.15, 0.2) is 17.0 Å². The molecule has 6 heteroatoms. The number of amides is 1. The van der Waals surface area contributed by atoms with Crippen LogP contribution in [0.4, 0.5) is 5.69 Å². The first kappa shape index (κ1) is 17.3. The van der Waals surface area contributed by atoms with Gasteiger partial charge in [-0.05, 0) is 0 Å². The van der Waals surface area contributed by atoms with Crippen LogP contribution in [-0.2, 0) is 9.90 Å². The number of rotatable bonds is 6. The Morgan fingerprint density at radius 2 is 2.00 bits per heavy atom. The highest BCUT2D eigenvalue weighted by atomic mass is 16.5. The Labute approximate surface area is 151 Å². The Morgan fingerprint density at radius 1 is 1.12 bits per heavy atom. The van der Waals surface area contributed by atoms with Crippen LogP contribution >= 0.6 is 0 Å². The van der Waals surface area contributed by atoms with Crippen LogP contribution < -0.4 is 14.8 Å². The van der Waals surface area contributed by atoms with Crippen molar-refractivity contribution in [3.8, 4) is 11.5 Å². The SMILES string of the molecule is [CH2]Oc1[c][c][c]c(C=N/C=C(\[O])[CH]Oc2[c][c]c3c([c]2)[C]=[C]C(=O)[N]3)[c]1. The molecule has 0 unspecified atom stereocenters. The van der Waals surface area contributed by atoms with Crippen LogP contribution in [0, 0.1) is 68.3 Å². The minimum absolute atomic E-state index is 0.0837. The molecule has 26 heavy (non-hydrogen) atoms. The molecule has 0 saturated carbocycles. The molecule has 0 aromatic heterocycles. The summed E-state index contributed by atoms with van der Waals surface area (Å²) in [5, 5.41) is 15.4. The largest absolute Gasteiger partial charge is 0.489 e. The number of hydrogen-bond acceptors (Lipinski definition) is 4. The van der Waals surface area contributed by atoms with Gasteiger partial charge in [-0.2, -0.15) is 0 Å². The second kappa shape index (κ2) is 8.02. The zero-order valence-corrected chi connectivity index (χ0v) is 13.0. The van der Waals surface area contributed by atoms with E-state index in [9.17, 15) is 9.90 Å². The van der Waals surface area contributed by atoms with E-state index in [1.54, 1.807) is 0 Å². The Kier molecular flexibility index (Phi) is 5.34. The van der Waals surface area contributed by atoms with Crippen LogP contribution in [0.2, 0.25) is 0 Å². The summed E-state index contributed by atoms with van der Waals surface area (Å²) in [6, 6.07) is 18.5. The molecule has 0 bridgehead atoms. The van der Waals surface area contributed by atoms with Crippen molar-refractivity contribution < 1.29 is 19.4 Å². The van der Waals surface area contributed by atoms with Gasteiger partial charge in [-0.15, -0.1) is 0 Å². The molecule has 2 aromatic rings. The number of nitrogens with zero attached hydrogens (tertiary/aromatic N) is 2. The summed E-state index contributed by atoms with van der Waals surface area (Å²) in [4.78, 5) is 14.9. The van der Waals surface area contributed by atoms with E-state index in [4.69, 9.17) is 9.47 Å². The van der Waals surface area contributed by atoms with Crippen molar-refractivity contribution in [3.63, 3.8) is 0 Å². The summed E-state index contributed by atoms with van der Waals surface area (Å²) in [7, 11) is 3.23. The van der Waals surface area contributed by atoms with Crippen LogP contribution in [0.1, 0.15) is 11.1 Å². The first-order valence-corrected chi connectivity index (χ1v) is 6.92. The van der Waals surface area contributed by atoms with Gasteiger partial charge in [0.15, 0.2) is 0 Å².